The van der Waals surface area contributed by atoms with Gasteiger partial charge in [0.15, 0.2) is 0 Å². The summed E-state index contributed by atoms with van der Waals surface area (Å²) >= 11 is 6.98. The highest BCUT2D eigenvalue weighted by atomic mass is 35.5. The van der Waals surface area contributed by atoms with E-state index in [-0.39, 0.29) is 23.9 Å². The van der Waals surface area contributed by atoms with E-state index in [1.807, 2.05) is 0 Å². The molecular weight excluding hydrogens is 262 g/mol. The first kappa shape index (κ1) is 12.3. The normalized spacial score (nSPS) is 23.6. The molecule has 1 saturated heterocycles. The fraction of sp³-hybridized carbons (Fsp3) is 0.400. The van der Waals surface area contributed by atoms with Gasteiger partial charge >= 0.3 is 0 Å². The van der Waals surface area contributed by atoms with Gasteiger partial charge in [-0.3, -0.25) is 9.59 Å². The number of carbonyl (C=O) groups excluding carboxylic acids is 2. The molecule has 0 radical (unpaired) electrons. The molecule has 92 valence electrons. The highest BCUT2D eigenvalue weighted by molar-refractivity contribution is 7.17. The van der Waals surface area contributed by atoms with Crippen molar-refractivity contribution in [3.63, 3.8) is 0 Å². The number of nitrogens with two attached hydrogens (primary N) is 1. The van der Waals surface area contributed by atoms with Crippen LogP contribution in [0, 0.1) is 0 Å². The number of primary amides is 1. The Balaban J connectivity index is 1.90. The summed E-state index contributed by atoms with van der Waals surface area (Å²) in [4.78, 5) is 23.3. The lowest BCUT2D eigenvalue weighted by molar-refractivity contribution is -0.119. The van der Waals surface area contributed by atoms with Gasteiger partial charge in [0.2, 0.25) is 5.91 Å². The monoisotopic (exact) mass is 273 g/mol. The molecular formula is C10H12ClN3O2S. The molecule has 2 heterocycles. The molecule has 7 heteroatoms. The van der Waals surface area contributed by atoms with Gasteiger partial charge in [-0.2, -0.15) is 0 Å². The molecule has 0 aliphatic carbocycles. The van der Waals surface area contributed by atoms with E-state index >= 15 is 0 Å². The number of rotatable bonds is 3. The fourth-order valence-electron chi connectivity index (χ4n) is 1.76. The molecule has 0 spiro atoms. The van der Waals surface area contributed by atoms with E-state index in [4.69, 9.17) is 17.3 Å². The molecule has 2 atom stereocenters. The molecule has 1 aliphatic heterocycles. The second kappa shape index (κ2) is 5.03. The Kier molecular flexibility index (Phi) is 3.66. The molecule has 1 aromatic rings. The molecule has 1 aliphatic rings. The van der Waals surface area contributed by atoms with Crippen molar-refractivity contribution in [3.8, 4) is 0 Å². The van der Waals surface area contributed by atoms with Gasteiger partial charge in [0, 0.05) is 12.6 Å². The molecule has 0 saturated carbocycles. The topological polar surface area (TPSA) is 84.2 Å². The van der Waals surface area contributed by atoms with E-state index < -0.39 is 0 Å². The lowest BCUT2D eigenvalue weighted by atomic mass is 10.1. The van der Waals surface area contributed by atoms with Crippen molar-refractivity contribution < 1.29 is 9.59 Å². The number of halogens is 1. The molecule has 2 unspecified atom stereocenters. The second-order valence-electron chi connectivity index (χ2n) is 3.87. The van der Waals surface area contributed by atoms with Crippen LogP contribution < -0.4 is 16.4 Å². The van der Waals surface area contributed by atoms with Crippen molar-refractivity contribution in [1.82, 2.24) is 10.6 Å². The predicted molar refractivity (Wildman–Crippen MR) is 66.2 cm³/mol. The Labute approximate surface area is 107 Å². The molecule has 5 nitrogen and oxygen atoms in total. The van der Waals surface area contributed by atoms with Crippen LogP contribution >= 0.6 is 22.9 Å². The van der Waals surface area contributed by atoms with Crippen molar-refractivity contribution in [3.05, 3.63) is 21.3 Å². The van der Waals surface area contributed by atoms with E-state index in [0.717, 1.165) is 0 Å². The number of carbonyl (C=O) groups is 2. The van der Waals surface area contributed by atoms with E-state index in [2.05, 4.69) is 10.6 Å². The number of thiophene rings is 1. The lowest BCUT2D eigenvalue weighted by Gasteiger charge is -2.10. The minimum Gasteiger partial charge on any atom is -0.368 e. The molecule has 1 aromatic heterocycles. The van der Waals surface area contributed by atoms with Crippen molar-refractivity contribution in [2.75, 3.05) is 6.54 Å². The minimum atomic E-state index is -0.388. The van der Waals surface area contributed by atoms with Gasteiger partial charge in [0.05, 0.1) is 15.3 Å². The Hall–Kier alpha value is -1.11. The predicted octanol–water partition coefficient (Wildman–Crippen LogP) is 0.347. The Morgan fingerprint density at radius 2 is 2.29 bits per heavy atom. The van der Waals surface area contributed by atoms with Gasteiger partial charge in [-0.05, 0) is 18.6 Å². The highest BCUT2D eigenvalue weighted by Gasteiger charge is 2.29. The summed E-state index contributed by atoms with van der Waals surface area (Å²) in [6.07, 6.45) is 0.528. The van der Waals surface area contributed by atoms with Crippen LogP contribution in [0.25, 0.3) is 0 Å². The molecule has 17 heavy (non-hydrogen) atoms. The van der Waals surface area contributed by atoms with Crippen LogP contribution in [-0.4, -0.2) is 30.4 Å². The zero-order valence-corrected chi connectivity index (χ0v) is 10.5. The van der Waals surface area contributed by atoms with E-state index in [1.54, 1.807) is 12.1 Å². The maximum atomic E-state index is 11.8. The molecule has 2 amide bonds. The summed E-state index contributed by atoms with van der Waals surface area (Å²) in [5, 5.41) is 5.79. The van der Waals surface area contributed by atoms with Crippen LogP contribution in [-0.2, 0) is 4.79 Å². The number of hydrogen-bond donors (Lipinski definition) is 3. The van der Waals surface area contributed by atoms with Gasteiger partial charge in [-0.15, -0.1) is 11.3 Å². The van der Waals surface area contributed by atoms with Crippen LogP contribution in [0.15, 0.2) is 12.1 Å². The molecule has 1 fully saturated rings. The molecule has 2 rings (SSSR count). The summed E-state index contributed by atoms with van der Waals surface area (Å²) < 4.78 is 0.578. The Morgan fingerprint density at radius 1 is 1.53 bits per heavy atom. The summed E-state index contributed by atoms with van der Waals surface area (Å²) in [6.45, 7) is 0.554. The number of amides is 2. The van der Waals surface area contributed by atoms with Crippen molar-refractivity contribution in [2.45, 2.75) is 18.5 Å². The summed E-state index contributed by atoms with van der Waals surface area (Å²) in [7, 11) is 0. The third-order valence-corrected chi connectivity index (χ3v) is 3.84. The maximum absolute atomic E-state index is 11.8. The molecule has 0 bridgehead atoms. The maximum Gasteiger partial charge on any atom is 0.261 e. The van der Waals surface area contributed by atoms with Crippen LogP contribution in [0.2, 0.25) is 4.34 Å². The third kappa shape index (κ3) is 2.96. The van der Waals surface area contributed by atoms with E-state index in [0.29, 0.717) is 22.2 Å². The van der Waals surface area contributed by atoms with Crippen molar-refractivity contribution >= 4 is 34.8 Å². The zero-order valence-electron chi connectivity index (χ0n) is 8.90. The van der Waals surface area contributed by atoms with E-state index in [9.17, 15) is 9.59 Å². The summed E-state index contributed by atoms with van der Waals surface area (Å²) in [6, 6.07) is 2.93. The van der Waals surface area contributed by atoms with Gasteiger partial charge in [0.1, 0.15) is 0 Å². The highest BCUT2D eigenvalue weighted by Crippen LogP contribution is 2.21. The SMILES string of the molecule is NC(=O)C1CC(NC(=O)c2ccc(Cl)s2)CN1. The lowest BCUT2D eigenvalue weighted by Crippen LogP contribution is -2.36. The van der Waals surface area contributed by atoms with Crippen LogP contribution in [0.3, 0.4) is 0 Å². The second-order valence-corrected chi connectivity index (χ2v) is 5.59. The number of hydrogen-bond acceptors (Lipinski definition) is 4. The van der Waals surface area contributed by atoms with Gasteiger partial charge in [0.25, 0.3) is 5.91 Å². The van der Waals surface area contributed by atoms with Crippen LogP contribution in [0.4, 0.5) is 0 Å². The van der Waals surface area contributed by atoms with Crippen molar-refractivity contribution in [1.29, 1.82) is 0 Å². The third-order valence-electron chi connectivity index (χ3n) is 2.61. The number of nitrogens with one attached hydrogen (secondary N) is 2. The summed E-state index contributed by atoms with van der Waals surface area (Å²) in [5.41, 5.74) is 5.18. The van der Waals surface area contributed by atoms with Gasteiger partial charge < -0.3 is 16.4 Å². The first-order valence-electron chi connectivity index (χ1n) is 5.15. The van der Waals surface area contributed by atoms with Gasteiger partial charge in [-0.1, -0.05) is 11.6 Å². The molecule has 0 aromatic carbocycles. The largest absolute Gasteiger partial charge is 0.368 e. The fourth-order valence-corrected chi connectivity index (χ4v) is 2.70. The quantitative estimate of drug-likeness (QED) is 0.743. The van der Waals surface area contributed by atoms with Gasteiger partial charge in [-0.25, -0.2) is 0 Å². The zero-order chi connectivity index (χ0) is 12.4. The Bertz CT molecular complexity index is 449. The Morgan fingerprint density at radius 3 is 2.82 bits per heavy atom. The average molecular weight is 274 g/mol. The first-order valence-corrected chi connectivity index (χ1v) is 6.34. The van der Waals surface area contributed by atoms with E-state index in [1.165, 1.54) is 11.3 Å². The van der Waals surface area contributed by atoms with Crippen molar-refractivity contribution in [2.24, 2.45) is 5.73 Å². The smallest absolute Gasteiger partial charge is 0.261 e. The van der Waals surface area contributed by atoms with Crippen LogP contribution in [0.5, 0.6) is 0 Å². The average Bonchev–Trinajstić information content (AvgIpc) is 2.86. The summed E-state index contributed by atoms with van der Waals surface area (Å²) in [5.74, 6) is -0.556. The minimum absolute atomic E-state index is 0.0686. The van der Waals surface area contributed by atoms with Crippen LogP contribution in [0.1, 0.15) is 16.1 Å². The first-order chi connectivity index (χ1) is 8.06. The molecule has 4 N–H and O–H groups in total. The standard InChI is InChI=1S/C10H12ClN3O2S/c11-8-2-1-7(17-8)10(16)14-5-3-6(9(12)15)13-4-5/h1-2,5-6,13H,3-4H2,(H2,12,15)(H,14,16).